The van der Waals surface area contributed by atoms with Crippen molar-refractivity contribution in [1.29, 1.82) is 0 Å². The second-order valence-corrected chi connectivity index (χ2v) is 10.3. The third-order valence-electron chi connectivity index (χ3n) is 6.55. The first kappa shape index (κ1) is 30.7. The fraction of sp³-hybridized carbons (Fsp3) is 0.724. The fourth-order valence-electron chi connectivity index (χ4n) is 3.92. The molecule has 0 aromatic heterocycles. The highest BCUT2D eigenvalue weighted by Gasteiger charge is 2.24. The molecule has 11 heteroatoms. The quantitative estimate of drug-likeness (QED) is 0.143. The lowest BCUT2D eigenvalue weighted by Gasteiger charge is -2.16. The lowest BCUT2D eigenvalue weighted by Crippen LogP contribution is -2.28. The van der Waals surface area contributed by atoms with Gasteiger partial charge in [-0.3, -0.25) is 9.59 Å². The van der Waals surface area contributed by atoms with Gasteiger partial charge in [0, 0.05) is 32.9 Å². The normalized spacial score (nSPS) is 20.6. The Labute approximate surface area is 236 Å². The highest BCUT2D eigenvalue weighted by Crippen LogP contribution is 2.25. The van der Waals surface area contributed by atoms with Crippen LogP contribution in [0.1, 0.15) is 59.2 Å². The molecule has 0 aliphatic carbocycles. The predicted molar refractivity (Wildman–Crippen MR) is 146 cm³/mol. The van der Waals surface area contributed by atoms with Crippen molar-refractivity contribution in [3.8, 4) is 5.75 Å². The number of carbonyl (C=O) groups is 2. The largest absolute Gasteiger partial charge is 0.492 e. The number of ether oxygens (including phenoxy) is 7. The first-order valence-corrected chi connectivity index (χ1v) is 14.6. The van der Waals surface area contributed by atoms with Crippen LogP contribution in [0.25, 0.3) is 0 Å². The van der Waals surface area contributed by atoms with Gasteiger partial charge in [-0.1, -0.05) is 6.07 Å². The molecule has 4 rings (SSSR count). The average molecular weight is 565 g/mol. The standard InChI is InChI=1S/C29H44N2O9/c32-28(30-10-1-3-12-34-16-22-19-38-22)25-8-7-9-26(27(25)37-15-6-5-14-36-18-24-21-40-24)29(33)31-11-2-4-13-35-17-23-20-39-23/h7-9,22-24H,1-6,10-21H2,(H,30,32)(H,31,33). The van der Waals surface area contributed by atoms with Crippen LogP contribution in [0.15, 0.2) is 18.2 Å². The third kappa shape index (κ3) is 12.5. The van der Waals surface area contributed by atoms with Gasteiger partial charge in [-0.2, -0.15) is 0 Å². The number of nitrogens with one attached hydrogen (secondary N) is 2. The zero-order valence-electron chi connectivity index (χ0n) is 23.4. The molecule has 0 saturated carbocycles. The minimum absolute atomic E-state index is 0.248. The summed E-state index contributed by atoms with van der Waals surface area (Å²) in [6.07, 6.45) is 5.57. The summed E-state index contributed by atoms with van der Waals surface area (Å²) in [5.74, 6) is -0.214. The second kappa shape index (κ2) is 17.5. The van der Waals surface area contributed by atoms with E-state index in [4.69, 9.17) is 33.2 Å². The van der Waals surface area contributed by atoms with Crippen LogP contribution < -0.4 is 15.4 Å². The first-order chi connectivity index (χ1) is 19.7. The number of unbranched alkanes of at least 4 members (excludes halogenated alkanes) is 3. The molecule has 3 fully saturated rings. The van der Waals surface area contributed by atoms with Crippen LogP contribution in [-0.4, -0.2) is 109 Å². The number of amides is 2. The van der Waals surface area contributed by atoms with Gasteiger partial charge < -0.3 is 43.8 Å². The topological polar surface area (TPSA) is 133 Å². The maximum Gasteiger partial charge on any atom is 0.255 e. The molecule has 3 aliphatic heterocycles. The number of carbonyl (C=O) groups excluding carboxylic acids is 2. The van der Waals surface area contributed by atoms with E-state index >= 15 is 0 Å². The molecule has 3 atom stereocenters. The molecule has 2 amide bonds. The maximum absolute atomic E-state index is 13.1. The van der Waals surface area contributed by atoms with Crippen molar-refractivity contribution >= 4 is 11.8 Å². The molecular weight excluding hydrogens is 520 g/mol. The van der Waals surface area contributed by atoms with E-state index in [1.165, 1.54) is 0 Å². The van der Waals surface area contributed by atoms with Crippen LogP contribution in [0.5, 0.6) is 5.75 Å². The van der Waals surface area contributed by atoms with Gasteiger partial charge in [0.25, 0.3) is 11.8 Å². The van der Waals surface area contributed by atoms with Crippen molar-refractivity contribution < 1.29 is 42.7 Å². The molecule has 3 saturated heterocycles. The van der Waals surface area contributed by atoms with Crippen LogP contribution in [0, 0.1) is 0 Å². The van der Waals surface area contributed by atoms with E-state index in [2.05, 4.69) is 10.6 Å². The van der Waals surface area contributed by atoms with E-state index in [0.29, 0.717) is 76.2 Å². The van der Waals surface area contributed by atoms with Gasteiger partial charge in [-0.25, -0.2) is 0 Å². The van der Waals surface area contributed by atoms with Crippen molar-refractivity contribution in [2.75, 3.05) is 79.2 Å². The Morgan fingerprint density at radius 1 is 0.650 bits per heavy atom. The van der Waals surface area contributed by atoms with Crippen molar-refractivity contribution in [2.45, 2.75) is 56.8 Å². The monoisotopic (exact) mass is 564 g/mol. The minimum Gasteiger partial charge on any atom is -0.492 e. The summed E-state index contributed by atoms with van der Waals surface area (Å²) < 4.78 is 38.1. The Morgan fingerprint density at radius 2 is 1.05 bits per heavy atom. The van der Waals surface area contributed by atoms with Crippen LogP contribution in [-0.2, 0) is 28.4 Å². The minimum atomic E-state index is -0.262. The van der Waals surface area contributed by atoms with Gasteiger partial charge in [-0.15, -0.1) is 0 Å². The number of hydrogen-bond donors (Lipinski definition) is 2. The van der Waals surface area contributed by atoms with Gasteiger partial charge in [0.1, 0.15) is 24.1 Å². The zero-order valence-corrected chi connectivity index (χ0v) is 23.4. The van der Waals surface area contributed by atoms with E-state index in [1.54, 1.807) is 18.2 Å². The SMILES string of the molecule is O=C(NCCCCOCC1CO1)c1cccc(C(=O)NCCCCOCC2CO2)c1OCCCCOCC1CO1. The molecule has 3 heterocycles. The van der Waals surface area contributed by atoms with Gasteiger partial charge in [0.2, 0.25) is 0 Å². The molecule has 1 aromatic carbocycles. The Bertz CT molecular complexity index is 847. The van der Waals surface area contributed by atoms with Crippen LogP contribution in [0.2, 0.25) is 0 Å². The Balaban J connectivity index is 1.21. The molecule has 1 aromatic rings. The number of rotatable bonds is 24. The molecule has 40 heavy (non-hydrogen) atoms. The molecule has 2 N–H and O–H groups in total. The molecule has 3 aliphatic rings. The van der Waals surface area contributed by atoms with Crippen molar-refractivity contribution in [1.82, 2.24) is 10.6 Å². The number of benzene rings is 1. The van der Waals surface area contributed by atoms with E-state index < -0.39 is 0 Å². The summed E-state index contributed by atoms with van der Waals surface area (Å²) in [6, 6.07) is 5.10. The lowest BCUT2D eigenvalue weighted by molar-refractivity contribution is 0.0935. The third-order valence-corrected chi connectivity index (χ3v) is 6.55. The molecule has 3 unspecified atom stereocenters. The fourth-order valence-corrected chi connectivity index (χ4v) is 3.92. The van der Waals surface area contributed by atoms with E-state index in [9.17, 15) is 9.59 Å². The van der Waals surface area contributed by atoms with Crippen LogP contribution in [0.3, 0.4) is 0 Å². The van der Waals surface area contributed by atoms with Crippen molar-refractivity contribution in [3.05, 3.63) is 29.3 Å². The van der Waals surface area contributed by atoms with Crippen LogP contribution in [0.4, 0.5) is 0 Å². The molecule has 0 radical (unpaired) electrons. The van der Waals surface area contributed by atoms with Gasteiger partial charge >= 0.3 is 0 Å². The van der Waals surface area contributed by atoms with E-state index in [-0.39, 0.29) is 30.1 Å². The summed E-state index contributed by atoms with van der Waals surface area (Å²) in [4.78, 5) is 26.1. The molecule has 0 spiro atoms. The van der Waals surface area contributed by atoms with Gasteiger partial charge in [-0.05, 0) is 50.7 Å². The molecule has 0 bridgehead atoms. The smallest absolute Gasteiger partial charge is 0.255 e. The summed E-state index contributed by atoms with van der Waals surface area (Å²) in [5, 5.41) is 5.90. The number of para-hydroxylation sites is 1. The van der Waals surface area contributed by atoms with E-state index in [0.717, 1.165) is 58.3 Å². The molecular formula is C29H44N2O9. The summed E-state index contributed by atoms with van der Waals surface area (Å²) in [5.41, 5.74) is 0.709. The highest BCUT2D eigenvalue weighted by atomic mass is 16.6. The number of hydrogen-bond acceptors (Lipinski definition) is 9. The second-order valence-electron chi connectivity index (χ2n) is 10.3. The van der Waals surface area contributed by atoms with Gasteiger partial charge in [0.05, 0.1) is 57.4 Å². The maximum atomic E-state index is 13.1. The zero-order chi connectivity index (χ0) is 27.8. The lowest BCUT2D eigenvalue weighted by atomic mass is 10.1. The Morgan fingerprint density at radius 3 is 1.48 bits per heavy atom. The first-order valence-electron chi connectivity index (χ1n) is 14.6. The molecule has 11 nitrogen and oxygen atoms in total. The van der Waals surface area contributed by atoms with Crippen molar-refractivity contribution in [2.24, 2.45) is 0 Å². The summed E-state index contributed by atoms with van der Waals surface area (Å²) in [6.45, 7) is 7.51. The average Bonchev–Trinajstić information content (AvgIpc) is 3.80. The predicted octanol–water partition coefficient (Wildman–Crippen LogP) is 2.11. The molecule has 224 valence electrons. The number of epoxide rings is 3. The van der Waals surface area contributed by atoms with Crippen molar-refractivity contribution in [3.63, 3.8) is 0 Å². The van der Waals surface area contributed by atoms with Gasteiger partial charge in [0.15, 0.2) is 0 Å². The summed E-state index contributed by atoms with van der Waals surface area (Å²) in [7, 11) is 0. The van der Waals surface area contributed by atoms with Crippen LogP contribution >= 0.6 is 0 Å². The Hall–Kier alpha value is -2.28. The Kier molecular flexibility index (Phi) is 13.4. The highest BCUT2D eigenvalue weighted by molar-refractivity contribution is 6.04. The summed E-state index contributed by atoms with van der Waals surface area (Å²) >= 11 is 0. The van der Waals surface area contributed by atoms with E-state index in [1.807, 2.05) is 0 Å².